The van der Waals surface area contributed by atoms with Gasteiger partial charge in [0.15, 0.2) is 0 Å². The smallest absolute Gasteiger partial charge is 0.261 e. The van der Waals surface area contributed by atoms with E-state index in [4.69, 9.17) is 4.74 Å². The summed E-state index contributed by atoms with van der Waals surface area (Å²) >= 11 is 0. The van der Waals surface area contributed by atoms with Crippen molar-refractivity contribution in [2.75, 3.05) is 7.05 Å². The maximum absolute atomic E-state index is 12.0. The lowest BCUT2D eigenvalue weighted by atomic mass is 10.1. The molecule has 3 rings (SSSR count). The maximum atomic E-state index is 12.0. The van der Waals surface area contributed by atoms with Crippen LogP contribution >= 0.6 is 0 Å². The number of aryl methyl sites for hydroxylation is 1. The van der Waals surface area contributed by atoms with Crippen molar-refractivity contribution in [2.24, 2.45) is 0 Å². The van der Waals surface area contributed by atoms with Crippen molar-refractivity contribution in [3.05, 3.63) is 58.7 Å². The maximum Gasteiger partial charge on any atom is 0.261 e. The number of hydrogen-bond acceptors (Lipinski definition) is 3. The highest BCUT2D eigenvalue weighted by atomic mass is 16.5. The molecule has 1 aliphatic rings. The van der Waals surface area contributed by atoms with Crippen LogP contribution in [-0.2, 0) is 0 Å². The van der Waals surface area contributed by atoms with Crippen LogP contribution in [0.15, 0.2) is 36.4 Å². The van der Waals surface area contributed by atoms with Crippen LogP contribution in [0.3, 0.4) is 0 Å². The van der Waals surface area contributed by atoms with Gasteiger partial charge in [-0.05, 0) is 49.2 Å². The highest BCUT2D eigenvalue weighted by molar-refractivity contribution is 6.21. The van der Waals surface area contributed by atoms with E-state index in [1.54, 1.807) is 18.2 Å². The first-order valence-electron chi connectivity index (χ1n) is 6.69. The fraction of sp³-hybridized carbons (Fsp3) is 0.176. The van der Waals surface area contributed by atoms with Crippen LogP contribution in [-0.4, -0.2) is 23.8 Å². The highest BCUT2D eigenvalue weighted by Gasteiger charge is 2.32. The number of fused-ring (bicyclic) bond motifs is 1. The minimum Gasteiger partial charge on any atom is -0.457 e. The third-order valence-electron chi connectivity index (χ3n) is 3.84. The Morgan fingerprint density at radius 2 is 1.67 bits per heavy atom. The van der Waals surface area contributed by atoms with E-state index in [1.165, 1.54) is 7.05 Å². The predicted molar refractivity (Wildman–Crippen MR) is 78.9 cm³/mol. The molecule has 0 aliphatic carbocycles. The van der Waals surface area contributed by atoms with Crippen LogP contribution in [0.5, 0.6) is 11.5 Å². The van der Waals surface area contributed by atoms with Crippen molar-refractivity contribution in [2.45, 2.75) is 13.8 Å². The third kappa shape index (κ3) is 2.09. The number of rotatable bonds is 2. The van der Waals surface area contributed by atoms with Crippen LogP contribution in [0.2, 0.25) is 0 Å². The average molecular weight is 281 g/mol. The van der Waals surface area contributed by atoms with Gasteiger partial charge < -0.3 is 4.74 Å². The topological polar surface area (TPSA) is 46.6 Å². The van der Waals surface area contributed by atoms with Crippen molar-refractivity contribution >= 4 is 11.8 Å². The van der Waals surface area contributed by atoms with Crippen molar-refractivity contribution < 1.29 is 14.3 Å². The SMILES string of the molecule is Cc1cccc(Oc2ccc3c(c2)C(=O)N(C)C3=O)c1C. The van der Waals surface area contributed by atoms with E-state index in [0.29, 0.717) is 16.9 Å². The Kier molecular flexibility index (Phi) is 3.01. The van der Waals surface area contributed by atoms with Crippen LogP contribution in [0.25, 0.3) is 0 Å². The normalized spacial score (nSPS) is 13.6. The van der Waals surface area contributed by atoms with Gasteiger partial charge >= 0.3 is 0 Å². The summed E-state index contributed by atoms with van der Waals surface area (Å²) in [6.07, 6.45) is 0. The molecule has 4 heteroatoms. The van der Waals surface area contributed by atoms with Crippen LogP contribution in [0.1, 0.15) is 31.8 Å². The standard InChI is InChI=1S/C17H15NO3/c1-10-5-4-6-15(11(10)2)21-12-7-8-13-14(9-12)17(20)18(3)16(13)19/h4-9H,1-3H3. The number of carbonyl (C=O) groups excluding carboxylic acids is 2. The van der Waals surface area contributed by atoms with E-state index in [-0.39, 0.29) is 11.8 Å². The minimum absolute atomic E-state index is 0.270. The zero-order valence-electron chi connectivity index (χ0n) is 12.1. The highest BCUT2D eigenvalue weighted by Crippen LogP contribution is 2.30. The predicted octanol–water partition coefficient (Wildman–Crippen LogP) is 3.32. The summed E-state index contributed by atoms with van der Waals surface area (Å²) in [6, 6.07) is 10.8. The second-order valence-electron chi connectivity index (χ2n) is 5.18. The van der Waals surface area contributed by atoms with Gasteiger partial charge in [-0.3, -0.25) is 14.5 Å². The number of hydrogen-bond donors (Lipinski definition) is 0. The Labute approximate surface area is 123 Å². The van der Waals surface area contributed by atoms with Gasteiger partial charge in [0.05, 0.1) is 11.1 Å². The Morgan fingerprint density at radius 1 is 0.952 bits per heavy atom. The molecule has 0 saturated carbocycles. The summed E-state index contributed by atoms with van der Waals surface area (Å²) in [5.41, 5.74) is 3.01. The molecule has 0 bridgehead atoms. The number of nitrogens with zero attached hydrogens (tertiary/aromatic N) is 1. The summed E-state index contributed by atoms with van der Waals surface area (Å²) in [5.74, 6) is 0.744. The van der Waals surface area contributed by atoms with E-state index in [2.05, 4.69) is 0 Å². The largest absolute Gasteiger partial charge is 0.457 e. The Balaban J connectivity index is 1.98. The average Bonchev–Trinajstić information content (AvgIpc) is 2.69. The molecule has 4 nitrogen and oxygen atoms in total. The summed E-state index contributed by atoms with van der Waals surface area (Å²) in [4.78, 5) is 24.9. The first kappa shape index (κ1) is 13.4. The van der Waals surface area contributed by atoms with Crippen molar-refractivity contribution in [3.8, 4) is 11.5 Å². The lowest BCUT2D eigenvalue weighted by Crippen LogP contribution is -2.24. The van der Waals surface area contributed by atoms with Crippen LogP contribution < -0.4 is 4.74 Å². The molecular formula is C17H15NO3. The van der Waals surface area contributed by atoms with Gasteiger partial charge in [-0.2, -0.15) is 0 Å². The van der Waals surface area contributed by atoms with Crippen molar-refractivity contribution in [1.82, 2.24) is 4.90 Å². The molecule has 2 aromatic carbocycles. The second kappa shape index (κ2) is 4.74. The van der Waals surface area contributed by atoms with Gasteiger partial charge in [-0.15, -0.1) is 0 Å². The number of amides is 2. The summed E-state index contributed by atoms with van der Waals surface area (Å²) in [6.45, 7) is 4.00. The van der Waals surface area contributed by atoms with Gasteiger partial charge in [0.25, 0.3) is 11.8 Å². The van der Waals surface area contributed by atoms with Gasteiger partial charge in [0, 0.05) is 7.05 Å². The van der Waals surface area contributed by atoms with E-state index in [1.807, 2.05) is 32.0 Å². The van der Waals surface area contributed by atoms with Crippen molar-refractivity contribution in [1.29, 1.82) is 0 Å². The zero-order chi connectivity index (χ0) is 15.1. The Morgan fingerprint density at radius 3 is 2.43 bits per heavy atom. The monoisotopic (exact) mass is 281 g/mol. The number of carbonyl (C=O) groups is 2. The molecule has 0 saturated heterocycles. The quantitative estimate of drug-likeness (QED) is 0.793. The van der Waals surface area contributed by atoms with Crippen LogP contribution in [0.4, 0.5) is 0 Å². The third-order valence-corrected chi connectivity index (χ3v) is 3.84. The molecule has 106 valence electrons. The molecule has 1 aliphatic heterocycles. The van der Waals surface area contributed by atoms with Gasteiger partial charge in [0.1, 0.15) is 11.5 Å². The molecule has 2 amide bonds. The molecule has 0 spiro atoms. The lowest BCUT2D eigenvalue weighted by molar-refractivity contribution is 0.0693. The first-order chi connectivity index (χ1) is 9.99. The van der Waals surface area contributed by atoms with Gasteiger partial charge in [-0.25, -0.2) is 0 Å². The first-order valence-corrected chi connectivity index (χ1v) is 6.69. The van der Waals surface area contributed by atoms with Gasteiger partial charge in [0.2, 0.25) is 0 Å². The van der Waals surface area contributed by atoms with E-state index in [9.17, 15) is 9.59 Å². The fourth-order valence-corrected chi connectivity index (χ4v) is 2.37. The summed E-state index contributed by atoms with van der Waals surface area (Å²) in [7, 11) is 1.48. The molecule has 2 aromatic rings. The van der Waals surface area contributed by atoms with Gasteiger partial charge in [-0.1, -0.05) is 12.1 Å². The number of ether oxygens (including phenoxy) is 1. The number of imide groups is 1. The molecule has 0 atom stereocenters. The van der Waals surface area contributed by atoms with E-state index in [0.717, 1.165) is 21.8 Å². The molecule has 0 fully saturated rings. The van der Waals surface area contributed by atoms with Crippen molar-refractivity contribution in [3.63, 3.8) is 0 Å². The van der Waals surface area contributed by atoms with Crippen LogP contribution in [0, 0.1) is 13.8 Å². The molecule has 1 heterocycles. The zero-order valence-corrected chi connectivity index (χ0v) is 12.1. The fourth-order valence-electron chi connectivity index (χ4n) is 2.37. The molecule has 0 aromatic heterocycles. The second-order valence-corrected chi connectivity index (χ2v) is 5.18. The number of benzene rings is 2. The molecular weight excluding hydrogens is 266 g/mol. The molecule has 0 N–H and O–H groups in total. The van der Waals surface area contributed by atoms with E-state index >= 15 is 0 Å². The Hall–Kier alpha value is -2.62. The summed E-state index contributed by atoms with van der Waals surface area (Å²) < 4.78 is 5.85. The molecule has 0 radical (unpaired) electrons. The lowest BCUT2D eigenvalue weighted by Gasteiger charge is -2.10. The molecule has 21 heavy (non-hydrogen) atoms. The summed E-state index contributed by atoms with van der Waals surface area (Å²) in [5, 5.41) is 0. The van der Waals surface area contributed by atoms with E-state index < -0.39 is 0 Å². The Bertz CT molecular complexity index is 765. The minimum atomic E-state index is -0.290. The molecule has 0 unspecified atom stereocenters.